The molecule has 4 aliphatic rings. The van der Waals surface area contributed by atoms with Crippen molar-refractivity contribution in [2.24, 2.45) is 5.92 Å². The normalized spacial score (nSPS) is 26.5. The molecule has 32 nitrogen and oxygen atoms in total. The number of hydrazine groups is 1. The van der Waals surface area contributed by atoms with Gasteiger partial charge in [0.05, 0.1) is 77.7 Å². The van der Waals surface area contributed by atoms with Gasteiger partial charge in [0.2, 0.25) is 35.4 Å². The molecule has 0 aliphatic carbocycles. The van der Waals surface area contributed by atoms with Gasteiger partial charge in [-0.05, 0) is 69.5 Å². The van der Waals surface area contributed by atoms with Gasteiger partial charge in [0.1, 0.15) is 58.9 Å². The van der Waals surface area contributed by atoms with E-state index in [1.54, 1.807) is 45.2 Å². The number of rotatable bonds is 29. The molecule has 0 spiro atoms. The van der Waals surface area contributed by atoms with E-state index in [1.807, 2.05) is 60.0 Å². The molecule has 0 saturated carbocycles. The van der Waals surface area contributed by atoms with Crippen LogP contribution in [0.2, 0.25) is 5.02 Å². The molecule has 8 N–H and O–H groups in total. The van der Waals surface area contributed by atoms with Crippen LogP contribution in [0.15, 0.2) is 66.3 Å². The SMILES string of the molecule is CNN(C)Cc1cc2ccccc2n1CCC(=O)N[C@@H](CC(=O)N[C@@H]1O[C@H](CO)[C@@H](OC(C)=O)[C@H](OC(C)=O)[C@H]1NC(C)=O)C(=O)NCCOCCOCCC(=O)N(C)[C@@H](C)C(=O)O[C@H]1CC(=O)N(C)c2cc(cc(OC)c2Cl)C/C(C)=C/C=C/[C@@H](OC)C2(O)C[C@H](OC(=O)N2)[C@@H](C)C2O[C@]21C. The monoisotopic (exact) mass is 1450 g/mol. The number of anilines is 1. The van der Waals surface area contributed by atoms with Crippen molar-refractivity contribution in [3.05, 3.63) is 82.5 Å². The maximum Gasteiger partial charge on any atom is 0.409 e. The number of amides is 7. The van der Waals surface area contributed by atoms with Crippen LogP contribution in [0, 0.1) is 5.92 Å². The van der Waals surface area contributed by atoms with Crippen LogP contribution in [0.1, 0.15) is 91.8 Å². The third-order valence-corrected chi connectivity index (χ3v) is 18.7. The van der Waals surface area contributed by atoms with Crippen molar-refractivity contribution in [2.75, 3.05) is 86.9 Å². The Morgan fingerprint density at radius 3 is 2.27 bits per heavy atom. The van der Waals surface area contributed by atoms with Crippen LogP contribution >= 0.6 is 11.6 Å². The van der Waals surface area contributed by atoms with E-state index >= 15 is 0 Å². The van der Waals surface area contributed by atoms with Crippen LogP contribution in [0.4, 0.5) is 10.5 Å². The first-order valence-electron chi connectivity index (χ1n) is 33.6. The number of nitrogens with one attached hydrogen (secondary N) is 6. The van der Waals surface area contributed by atoms with Gasteiger partial charge in [0.25, 0.3) is 0 Å². The van der Waals surface area contributed by atoms with E-state index < -0.39 is 163 Å². The molecule has 33 heteroatoms. The number of alkyl carbamates (subject to hydrolysis) is 1. The molecule has 2 aromatic carbocycles. The van der Waals surface area contributed by atoms with Crippen LogP contribution < -0.4 is 41.6 Å². The molecule has 3 saturated heterocycles. The summed E-state index contributed by atoms with van der Waals surface area (Å²) >= 11 is 6.85. The number of fused-ring (bicyclic) bond motifs is 6. The molecule has 7 amide bonds. The number of epoxide rings is 1. The average molecular weight is 1450 g/mol. The lowest BCUT2D eigenvalue weighted by atomic mass is 9.83. The smallest absolute Gasteiger partial charge is 0.409 e. The number of benzene rings is 2. The number of methoxy groups -OCH3 is 2. The number of likely N-dealkylation sites (N-methyl/N-ethyl adjacent to an activating group) is 1. The predicted molar refractivity (Wildman–Crippen MR) is 366 cm³/mol. The number of hydrogen-bond donors (Lipinski definition) is 8. The Morgan fingerprint density at radius 1 is 0.912 bits per heavy atom. The lowest BCUT2D eigenvalue weighted by Crippen LogP contribution is -2.69. The third kappa shape index (κ3) is 21.2. The summed E-state index contributed by atoms with van der Waals surface area (Å²) in [7, 11) is 9.42. The first-order valence-corrected chi connectivity index (χ1v) is 33.9. The average Bonchev–Trinajstić information content (AvgIpc) is 1.56. The van der Waals surface area contributed by atoms with Crippen LogP contribution in [0.25, 0.3) is 10.9 Å². The lowest BCUT2D eigenvalue weighted by molar-refractivity contribution is -0.225. The van der Waals surface area contributed by atoms with Crippen molar-refractivity contribution in [1.82, 2.24) is 46.5 Å². The number of halogens is 1. The molecular formula is C69H97ClN10O22. The quantitative estimate of drug-likeness (QED) is 0.0161. The van der Waals surface area contributed by atoms with Crippen molar-refractivity contribution >= 4 is 87.6 Å². The summed E-state index contributed by atoms with van der Waals surface area (Å²) in [5.74, 6) is -6.81. The number of esters is 3. The number of carbonyl (C=O) groups is 10. The van der Waals surface area contributed by atoms with Crippen molar-refractivity contribution < 1.29 is 106 Å². The Balaban J connectivity index is 0.954. The highest BCUT2D eigenvalue weighted by atomic mass is 35.5. The number of ether oxygens (including phenoxy) is 10. The number of aliphatic hydroxyl groups is 2. The number of para-hydroxylation sites is 1. The van der Waals surface area contributed by atoms with Crippen molar-refractivity contribution in [3.8, 4) is 5.75 Å². The van der Waals surface area contributed by atoms with Gasteiger partial charge in [-0.15, -0.1) is 0 Å². The topological polar surface area (TPSA) is 394 Å². The highest BCUT2D eigenvalue weighted by Gasteiger charge is 2.65. The summed E-state index contributed by atoms with van der Waals surface area (Å²) in [5.41, 5.74) is 3.48. The fourth-order valence-corrected chi connectivity index (χ4v) is 12.9. The molecule has 102 heavy (non-hydrogen) atoms. The summed E-state index contributed by atoms with van der Waals surface area (Å²) in [6.45, 7) is 9.63. The third-order valence-electron chi connectivity index (χ3n) is 18.3. The molecule has 562 valence electrons. The minimum absolute atomic E-state index is 0.00633. The van der Waals surface area contributed by atoms with Gasteiger partial charge in [0, 0.05) is 92.1 Å². The second kappa shape index (κ2) is 36.7. The standard InChI is InChI=1S/C69H97ClN10O22/c1-38-17-16-20-53(94-13)69(92)35-51(100-67(91)76-69)39(2)63-68(7,102-63)54(34-58(88)79(11)49-30-44(29-38)31-50(93-12)59(49)70)101-66(90)40(3)78(10)57(87)22-25-95-27-28-96-26-23-72-64(89)47(74-55(85)21-24-80-46(36-77(9)71-8)32-45-18-14-15-19-48(45)80)33-56(86)75-65-60(73-41(4)82)62(98-43(6)84)61(97-42(5)83)52(37-81)99-65/h14-20,30-32,39-40,47,51-54,60-63,65,71,81,92H,21-29,33-37H2,1-13H3,(H,72,89)(H,73,82)(H,74,85)(H,75,86)(H,76,91)/b20-16+,38-17+/t39-,40+,47+,51+,52-,53-,54+,60-,61-,62-,63?,65-,68+,69?/m1/s1. The molecule has 2 unspecified atom stereocenters. The lowest BCUT2D eigenvalue weighted by Gasteiger charge is -2.45. The molecule has 4 aliphatic heterocycles. The van der Waals surface area contributed by atoms with Gasteiger partial charge in [-0.3, -0.25) is 49.1 Å². The van der Waals surface area contributed by atoms with Gasteiger partial charge < -0.3 is 93.2 Å². The van der Waals surface area contributed by atoms with Crippen LogP contribution in [0.5, 0.6) is 5.75 Å². The Kier molecular flexibility index (Phi) is 29.2. The second-order valence-electron chi connectivity index (χ2n) is 25.9. The Hall–Kier alpha value is -8.31. The maximum atomic E-state index is 14.5. The fraction of sp³-hybridized carbons (Fsp3) is 0.594. The molecule has 1 aromatic heterocycles. The molecule has 3 fully saturated rings. The van der Waals surface area contributed by atoms with E-state index in [1.165, 1.54) is 45.0 Å². The van der Waals surface area contributed by atoms with Gasteiger partial charge in [0.15, 0.2) is 24.2 Å². The number of allylic oxidation sites excluding steroid dienone is 3. The number of aromatic nitrogens is 1. The molecular weight excluding hydrogens is 1360 g/mol. The predicted octanol–water partition coefficient (Wildman–Crippen LogP) is 1.74. The number of nitrogens with zero attached hydrogens (tertiary/aromatic N) is 4. The van der Waals surface area contributed by atoms with Gasteiger partial charge in [-0.25, -0.2) is 14.6 Å². The fourth-order valence-electron chi connectivity index (χ4n) is 12.6. The molecule has 14 atom stereocenters. The van der Waals surface area contributed by atoms with E-state index in [4.69, 9.17) is 59.0 Å². The maximum absolute atomic E-state index is 14.5. The zero-order valence-electron chi connectivity index (χ0n) is 59.8. The minimum atomic E-state index is -1.92. The van der Waals surface area contributed by atoms with Crippen molar-refractivity contribution in [3.63, 3.8) is 0 Å². The first kappa shape index (κ1) is 81.0. The zero-order valence-corrected chi connectivity index (χ0v) is 60.6. The summed E-state index contributed by atoms with van der Waals surface area (Å²) in [4.78, 5) is 137. The molecule has 7 rings (SSSR count). The molecule has 0 radical (unpaired) electrons. The van der Waals surface area contributed by atoms with Gasteiger partial charge in [-0.1, -0.05) is 60.5 Å². The van der Waals surface area contributed by atoms with E-state index in [9.17, 15) is 58.2 Å². The van der Waals surface area contributed by atoms with E-state index in [0.717, 1.165) is 48.5 Å². The molecule has 4 bridgehead atoms. The molecule has 3 aromatic rings. The summed E-state index contributed by atoms with van der Waals surface area (Å²) in [5, 5.41) is 38.2. The Morgan fingerprint density at radius 2 is 1.61 bits per heavy atom. The zero-order chi connectivity index (χ0) is 74.9. The largest absolute Gasteiger partial charge is 0.495 e. The number of hydrogen-bond acceptors (Lipinski definition) is 24. The summed E-state index contributed by atoms with van der Waals surface area (Å²) < 4.78 is 59.7. The van der Waals surface area contributed by atoms with Crippen molar-refractivity contribution in [1.29, 1.82) is 0 Å². The van der Waals surface area contributed by atoms with E-state index in [2.05, 4.69) is 32.0 Å². The Bertz CT molecular complexity index is 3570. The van der Waals surface area contributed by atoms with Crippen LogP contribution in [0.3, 0.4) is 0 Å². The summed E-state index contributed by atoms with van der Waals surface area (Å²) in [6.07, 6.45) is -6.74. The van der Waals surface area contributed by atoms with E-state index in [0.29, 0.717) is 24.4 Å². The first-order chi connectivity index (χ1) is 48.3. The van der Waals surface area contributed by atoms with Gasteiger partial charge >= 0.3 is 24.0 Å². The Labute approximate surface area is 596 Å². The van der Waals surface area contributed by atoms with Gasteiger partial charge in [-0.2, -0.15) is 0 Å². The number of aliphatic hydroxyl groups excluding tert-OH is 1. The minimum Gasteiger partial charge on any atom is -0.495 e. The number of aryl methyl sites for hydroxylation is 1. The van der Waals surface area contributed by atoms with E-state index in [-0.39, 0.29) is 63.8 Å². The summed E-state index contributed by atoms with van der Waals surface area (Å²) in [6, 6.07) is 9.06. The molecule has 5 heterocycles. The highest BCUT2D eigenvalue weighted by molar-refractivity contribution is 6.35. The highest BCUT2D eigenvalue weighted by Crippen LogP contribution is 2.49. The van der Waals surface area contributed by atoms with Crippen LogP contribution in [-0.4, -0.2) is 245 Å². The van der Waals surface area contributed by atoms with Crippen LogP contribution in [-0.2, 0) is 105 Å². The van der Waals surface area contributed by atoms with Crippen molar-refractivity contribution in [2.45, 2.75) is 178 Å². The number of carbonyl (C=O) groups excluding carboxylic acids is 10. The second-order valence-corrected chi connectivity index (χ2v) is 26.3.